The first kappa shape index (κ1) is 23.5. The Labute approximate surface area is 181 Å². The van der Waals surface area contributed by atoms with Crippen molar-refractivity contribution in [1.29, 1.82) is 0 Å². The van der Waals surface area contributed by atoms with E-state index < -0.39 is 10.8 Å². The topological polar surface area (TPSA) is 56.7 Å². The van der Waals surface area contributed by atoms with Crippen LogP contribution in [0.25, 0.3) is 0 Å². The Balaban J connectivity index is 0.00000338. The molecule has 8 heteroatoms. The summed E-state index contributed by atoms with van der Waals surface area (Å²) in [6, 6.07) is 8.29. The molecule has 1 saturated heterocycles. The number of hydrogen-bond acceptors (Lipinski definition) is 3. The summed E-state index contributed by atoms with van der Waals surface area (Å²) in [6.07, 6.45) is 1.04. The fourth-order valence-electron chi connectivity index (χ4n) is 2.74. The lowest BCUT2D eigenvalue weighted by Crippen LogP contribution is -2.46. The molecule has 0 spiro atoms. The van der Waals surface area contributed by atoms with Gasteiger partial charge in [-0.2, -0.15) is 0 Å². The number of hydrogen-bond donors (Lipinski definition) is 2. The summed E-state index contributed by atoms with van der Waals surface area (Å²) in [5.41, 5.74) is 1.15. The van der Waals surface area contributed by atoms with Crippen LogP contribution < -0.4 is 15.5 Å². The molecule has 0 aliphatic carbocycles. The van der Waals surface area contributed by atoms with Crippen molar-refractivity contribution in [1.82, 2.24) is 10.6 Å². The lowest BCUT2D eigenvalue weighted by atomic mass is 10.3. The number of rotatable bonds is 5. The Bertz CT molecular complexity index is 636. The van der Waals surface area contributed by atoms with Crippen LogP contribution in [-0.2, 0) is 10.8 Å². The Hall–Kier alpha value is -0.540. The third kappa shape index (κ3) is 7.23. The highest BCUT2D eigenvalue weighted by Crippen LogP contribution is 2.23. The number of halogens is 2. The quantitative estimate of drug-likeness (QED) is 0.361. The van der Waals surface area contributed by atoms with Crippen molar-refractivity contribution in [3.05, 3.63) is 29.3 Å². The minimum atomic E-state index is -0.859. The van der Waals surface area contributed by atoms with E-state index in [1.54, 1.807) is 7.05 Å². The van der Waals surface area contributed by atoms with Crippen molar-refractivity contribution in [3.8, 4) is 0 Å². The molecule has 0 saturated carbocycles. The standard InChI is InChI=1S/C18H29ClN4OS.HI/c1-18(2,3)25(24)11-9-21-17(20-4)22-15-8-10-23(13-15)16-7-5-6-14(19)12-16;/h5-7,12,15H,8-11,13H2,1-4H3,(H2,20,21,22);1H. The van der Waals surface area contributed by atoms with Crippen molar-refractivity contribution in [2.45, 2.75) is 38.0 Å². The second kappa shape index (κ2) is 10.7. The molecule has 1 aliphatic heterocycles. The third-order valence-electron chi connectivity index (χ3n) is 4.19. The second-order valence-corrected chi connectivity index (χ2v) is 9.98. The molecule has 2 rings (SSSR count). The number of anilines is 1. The zero-order chi connectivity index (χ0) is 18.4. The molecule has 1 fully saturated rings. The fourth-order valence-corrected chi connectivity index (χ4v) is 3.83. The first-order valence-corrected chi connectivity index (χ1v) is 10.4. The van der Waals surface area contributed by atoms with Crippen LogP contribution >= 0.6 is 35.6 Å². The summed E-state index contributed by atoms with van der Waals surface area (Å²) in [7, 11) is 0.905. The molecule has 0 amide bonds. The molecule has 5 nitrogen and oxygen atoms in total. The summed E-state index contributed by atoms with van der Waals surface area (Å²) in [4.78, 5) is 6.60. The van der Waals surface area contributed by atoms with Gasteiger partial charge in [0, 0.05) is 64.7 Å². The van der Waals surface area contributed by atoms with Gasteiger partial charge in [0.25, 0.3) is 0 Å². The normalized spacial score (nSPS) is 19.0. The van der Waals surface area contributed by atoms with Crippen LogP contribution in [-0.4, -0.2) is 53.4 Å². The van der Waals surface area contributed by atoms with Crippen LogP contribution in [0.1, 0.15) is 27.2 Å². The predicted molar refractivity (Wildman–Crippen MR) is 125 cm³/mol. The summed E-state index contributed by atoms with van der Waals surface area (Å²) in [5, 5.41) is 7.49. The summed E-state index contributed by atoms with van der Waals surface area (Å²) in [5.74, 6) is 1.38. The van der Waals surface area contributed by atoms with Crippen molar-refractivity contribution >= 4 is 58.0 Å². The van der Waals surface area contributed by atoms with Gasteiger partial charge in [0.15, 0.2) is 5.96 Å². The lowest BCUT2D eigenvalue weighted by Gasteiger charge is -2.21. The monoisotopic (exact) mass is 512 g/mol. The van der Waals surface area contributed by atoms with E-state index in [4.69, 9.17) is 11.6 Å². The number of aliphatic imine (C=N–C) groups is 1. The van der Waals surface area contributed by atoms with Crippen LogP contribution in [0.3, 0.4) is 0 Å². The van der Waals surface area contributed by atoms with E-state index in [0.717, 1.165) is 36.2 Å². The summed E-state index contributed by atoms with van der Waals surface area (Å²) in [6.45, 7) is 8.55. The maximum atomic E-state index is 12.1. The molecule has 1 aliphatic rings. The van der Waals surface area contributed by atoms with Gasteiger partial charge in [-0.25, -0.2) is 0 Å². The minimum Gasteiger partial charge on any atom is -0.369 e. The van der Waals surface area contributed by atoms with Crippen LogP contribution in [0.2, 0.25) is 5.02 Å². The summed E-state index contributed by atoms with van der Waals surface area (Å²) < 4.78 is 11.9. The molecule has 148 valence electrons. The predicted octanol–water partition coefficient (Wildman–Crippen LogP) is 3.25. The van der Waals surface area contributed by atoms with Crippen LogP contribution in [0.15, 0.2) is 29.3 Å². The molecule has 2 unspecified atom stereocenters. The number of guanidine groups is 1. The molecule has 0 bridgehead atoms. The van der Waals surface area contributed by atoms with E-state index in [-0.39, 0.29) is 28.7 Å². The molecule has 0 aromatic heterocycles. The zero-order valence-corrected chi connectivity index (χ0v) is 19.8. The molecule has 26 heavy (non-hydrogen) atoms. The molecule has 1 aromatic carbocycles. The highest BCUT2D eigenvalue weighted by molar-refractivity contribution is 14.0. The molecule has 1 heterocycles. The van der Waals surface area contributed by atoms with Crippen LogP contribution in [0, 0.1) is 0 Å². The first-order chi connectivity index (χ1) is 11.8. The molecule has 2 N–H and O–H groups in total. The van der Waals surface area contributed by atoms with Gasteiger partial charge >= 0.3 is 0 Å². The lowest BCUT2D eigenvalue weighted by molar-refractivity contribution is 0.641. The van der Waals surface area contributed by atoms with Gasteiger partial charge in [0.2, 0.25) is 0 Å². The van der Waals surface area contributed by atoms with Gasteiger partial charge in [-0.05, 0) is 45.4 Å². The van der Waals surface area contributed by atoms with Gasteiger partial charge in [0.05, 0.1) is 0 Å². The Morgan fingerprint density at radius 3 is 2.77 bits per heavy atom. The zero-order valence-electron chi connectivity index (χ0n) is 15.9. The van der Waals surface area contributed by atoms with E-state index in [1.165, 1.54) is 0 Å². The molecule has 0 radical (unpaired) electrons. The molecule has 1 aromatic rings. The van der Waals surface area contributed by atoms with Crippen molar-refractivity contribution in [2.24, 2.45) is 4.99 Å². The summed E-state index contributed by atoms with van der Waals surface area (Å²) >= 11 is 6.08. The molecular formula is C18H30ClIN4OS. The maximum absolute atomic E-state index is 12.1. The molecule has 2 atom stereocenters. The van der Waals surface area contributed by atoms with E-state index in [1.807, 2.05) is 39.0 Å². The SMILES string of the molecule is CN=C(NCCS(=O)C(C)(C)C)NC1CCN(c2cccc(Cl)c2)C1.I. The van der Waals surface area contributed by atoms with Crippen LogP contribution in [0.5, 0.6) is 0 Å². The van der Waals surface area contributed by atoms with E-state index in [2.05, 4.69) is 26.6 Å². The van der Waals surface area contributed by atoms with Gasteiger partial charge in [-0.3, -0.25) is 9.20 Å². The maximum Gasteiger partial charge on any atom is 0.191 e. The number of nitrogens with zero attached hydrogens (tertiary/aromatic N) is 2. The Morgan fingerprint density at radius 1 is 1.42 bits per heavy atom. The first-order valence-electron chi connectivity index (χ1n) is 8.66. The minimum absolute atomic E-state index is 0. The number of nitrogens with one attached hydrogen (secondary N) is 2. The highest BCUT2D eigenvalue weighted by Gasteiger charge is 2.24. The van der Waals surface area contributed by atoms with E-state index in [9.17, 15) is 4.21 Å². The third-order valence-corrected chi connectivity index (χ3v) is 6.37. The van der Waals surface area contributed by atoms with Crippen molar-refractivity contribution in [2.75, 3.05) is 37.3 Å². The van der Waals surface area contributed by atoms with Crippen molar-refractivity contribution in [3.63, 3.8) is 0 Å². The van der Waals surface area contributed by atoms with Crippen molar-refractivity contribution < 1.29 is 4.21 Å². The highest BCUT2D eigenvalue weighted by atomic mass is 127. The Morgan fingerprint density at radius 2 is 2.15 bits per heavy atom. The van der Waals surface area contributed by atoms with Gasteiger partial charge < -0.3 is 15.5 Å². The van der Waals surface area contributed by atoms with Gasteiger partial charge in [-0.15, -0.1) is 24.0 Å². The van der Waals surface area contributed by atoms with Gasteiger partial charge in [0.1, 0.15) is 0 Å². The number of benzene rings is 1. The second-order valence-electron chi connectivity index (χ2n) is 7.22. The van der Waals surface area contributed by atoms with E-state index in [0.29, 0.717) is 18.3 Å². The fraction of sp³-hybridized carbons (Fsp3) is 0.611. The largest absolute Gasteiger partial charge is 0.369 e. The average Bonchev–Trinajstić information content (AvgIpc) is 3.01. The van der Waals surface area contributed by atoms with E-state index >= 15 is 0 Å². The van der Waals surface area contributed by atoms with Gasteiger partial charge in [-0.1, -0.05) is 17.7 Å². The smallest absolute Gasteiger partial charge is 0.191 e. The Kier molecular flexibility index (Phi) is 9.68. The van der Waals surface area contributed by atoms with Crippen LogP contribution in [0.4, 0.5) is 5.69 Å². The molecular weight excluding hydrogens is 483 g/mol. The average molecular weight is 513 g/mol.